The second-order valence-corrected chi connectivity index (χ2v) is 6.32. The number of nitrogens with one attached hydrogen (secondary N) is 1. The molecule has 0 aliphatic heterocycles. The van der Waals surface area contributed by atoms with Crippen LogP contribution in [-0.2, 0) is 6.54 Å². The van der Waals surface area contributed by atoms with E-state index in [1.807, 2.05) is 30.3 Å². The van der Waals surface area contributed by atoms with Crippen molar-refractivity contribution in [3.8, 4) is 0 Å². The third-order valence-electron chi connectivity index (χ3n) is 4.08. The molecule has 6 heteroatoms. The molecule has 0 bridgehead atoms. The summed E-state index contributed by atoms with van der Waals surface area (Å²) in [7, 11) is 0. The predicted molar refractivity (Wildman–Crippen MR) is 103 cm³/mol. The number of benzene rings is 2. The number of hydrogen-bond acceptors (Lipinski definition) is 5. The molecule has 26 heavy (non-hydrogen) atoms. The number of aliphatic hydroxyl groups is 1. The summed E-state index contributed by atoms with van der Waals surface area (Å²) in [6.45, 7) is 3.92. The Labute approximate surface area is 154 Å². The first kappa shape index (κ1) is 19.5. The Bertz CT molecular complexity index is 742. The number of nitrogens with zero attached hydrogens (tertiary/aromatic N) is 1. The van der Waals surface area contributed by atoms with Gasteiger partial charge in [0.25, 0.3) is 5.91 Å². The molecule has 2 aromatic rings. The largest absolute Gasteiger partial charge is 0.397 e. The fourth-order valence-electron chi connectivity index (χ4n) is 2.32. The lowest BCUT2D eigenvalue weighted by Crippen LogP contribution is -2.39. The maximum atomic E-state index is 12.1. The second-order valence-electron chi connectivity index (χ2n) is 6.32. The van der Waals surface area contributed by atoms with Crippen LogP contribution in [0.4, 0.5) is 0 Å². The summed E-state index contributed by atoms with van der Waals surface area (Å²) in [6, 6.07) is 16.4. The Kier molecular flexibility index (Phi) is 6.77. The van der Waals surface area contributed by atoms with Gasteiger partial charge < -0.3 is 21.2 Å². The average Bonchev–Trinajstić information content (AvgIpc) is 2.62. The maximum Gasteiger partial charge on any atom is 0.251 e. The van der Waals surface area contributed by atoms with Gasteiger partial charge in [-0.3, -0.25) is 4.79 Å². The zero-order chi connectivity index (χ0) is 19.1. The average molecular weight is 354 g/mol. The van der Waals surface area contributed by atoms with Gasteiger partial charge >= 0.3 is 0 Å². The summed E-state index contributed by atoms with van der Waals surface area (Å²) in [4.78, 5) is 12.1. The Morgan fingerprint density at radius 3 is 2.27 bits per heavy atom. The van der Waals surface area contributed by atoms with E-state index >= 15 is 0 Å². The van der Waals surface area contributed by atoms with Crippen molar-refractivity contribution in [3.05, 3.63) is 77.5 Å². The van der Waals surface area contributed by atoms with Gasteiger partial charge in [-0.2, -0.15) is 0 Å². The van der Waals surface area contributed by atoms with Gasteiger partial charge in [-0.05, 0) is 37.1 Å². The van der Waals surface area contributed by atoms with Gasteiger partial charge in [0.2, 0.25) is 0 Å². The van der Waals surface area contributed by atoms with E-state index in [-0.39, 0.29) is 11.9 Å². The lowest BCUT2D eigenvalue weighted by molar-refractivity contribution is 0.0874. The molecule has 0 saturated heterocycles. The number of hydrogen-bond donors (Lipinski definition) is 4. The summed E-state index contributed by atoms with van der Waals surface area (Å²) < 4.78 is 0. The number of nitrogens with two attached hydrogens (primary N) is 2. The molecule has 0 fully saturated rings. The maximum absolute atomic E-state index is 12.1. The number of carbonyl (C=O) groups is 1. The van der Waals surface area contributed by atoms with Crippen molar-refractivity contribution < 1.29 is 9.90 Å². The molecule has 0 heterocycles. The van der Waals surface area contributed by atoms with Crippen LogP contribution in [0.5, 0.6) is 0 Å². The van der Waals surface area contributed by atoms with Crippen molar-refractivity contribution >= 4 is 11.6 Å². The molecule has 0 aromatic heterocycles. The van der Waals surface area contributed by atoms with Crippen LogP contribution in [0.2, 0.25) is 0 Å². The SMILES string of the molecule is CC(O)C(C)NC(=O)c1ccc(/C(N)=C/N(N)Cc2ccccc2)cc1. The van der Waals surface area contributed by atoms with Gasteiger partial charge in [0, 0.05) is 11.8 Å². The molecule has 2 atom stereocenters. The van der Waals surface area contributed by atoms with Crippen molar-refractivity contribution in [2.24, 2.45) is 11.6 Å². The summed E-state index contributed by atoms with van der Waals surface area (Å²) in [5.41, 5.74) is 8.97. The Balaban J connectivity index is 2.01. The van der Waals surface area contributed by atoms with Crippen LogP contribution in [0.3, 0.4) is 0 Å². The number of aliphatic hydroxyl groups excluding tert-OH is 1. The minimum absolute atomic E-state index is 0.239. The topological polar surface area (TPSA) is 105 Å². The van der Waals surface area contributed by atoms with Crippen molar-refractivity contribution in [1.82, 2.24) is 10.3 Å². The van der Waals surface area contributed by atoms with Crippen molar-refractivity contribution in [1.29, 1.82) is 0 Å². The number of hydrazine groups is 1. The van der Waals surface area contributed by atoms with Crippen LogP contribution in [0.25, 0.3) is 5.70 Å². The summed E-state index contributed by atoms with van der Waals surface area (Å²) in [5.74, 6) is 5.76. The smallest absolute Gasteiger partial charge is 0.251 e. The van der Waals surface area contributed by atoms with Crippen LogP contribution in [0, 0.1) is 0 Å². The highest BCUT2D eigenvalue weighted by Gasteiger charge is 2.13. The molecule has 2 unspecified atom stereocenters. The molecule has 2 rings (SSSR count). The van der Waals surface area contributed by atoms with Gasteiger partial charge in [0.05, 0.1) is 24.4 Å². The summed E-state index contributed by atoms with van der Waals surface area (Å²) >= 11 is 0. The molecule has 0 radical (unpaired) electrons. The first-order valence-electron chi connectivity index (χ1n) is 8.48. The zero-order valence-electron chi connectivity index (χ0n) is 15.1. The van der Waals surface area contributed by atoms with Crippen LogP contribution in [0.1, 0.15) is 35.3 Å². The van der Waals surface area contributed by atoms with Gasteiger partial charge in [-0.15, -0.1) is 0 Å². The van der Waals surface area contributed by atoms with Crippen LogP contribution in [-0.4, -0.2) is 28.2 Å². The molecule has 1 amide bonds. The molecule has 0 spiro atoms. The Morgan fingerprint density at radius 1 is 1.12 bits per heavy atom. The Morgan fingerprint density at radius 2 is 1.69 bits per heavy atom. The van der Waals surface area contributed by atoms with Crippen LogP contribution < -0.4 is 16.9 Å². The summed E-state index contributed by atoms with van der Waals surface area (Å²) in [6.07, 6.45) is 1.05. The van der Waals surface area contributed by atoms with Gasteiger partial charge in [0.15, 0.2) is 0 Å². The lowest BCUT2D eigenvalue weighted by atomic mass is 10.1. The number of carbonyl (C=O) groups excluding carboxylic acids is 1. The van der Waals surface area contributed by atoms with E-state index in [9.17, 15) is 9.90 Å². The van der Waals surface area contributed by atoms with E-state index in [2.05, 4.69) is 5.32 Å². The second kappa shape index (κ2) is 9.03. The molecular weight excluding hydrogens is 328 g/mol. The van der Waals surface area contributed by atoms with E-state index in [0.29, 0.717) is 17.8 Å². The van der Waals surface area contributed by atoms with Crippen molar-refractivity contribution in [2.45, 2.75) is 32.5 Å². The normalized spacial score (nSPS) is 13.8. The fourth-order valence-corrected chi connectivity index (χ4v) is 2.32. The zero-order valence-corrected chi connectivity index (χ0v) is 15.1. The van der Waals surface area contributed by atoms with Gasteiger partial charge in [0.1, 0.15) is 0 Å². The van der Waals surface area contributed by atoms with E-state index < -0.39 is 6.10 Å². The molecule has 2 aromatic carbocycles. The van der Waals surface area contributed by atoms with E-state index in [0.717, 1.165) is 11.1 Å². The number of rotatable bonds is 7. The quantitative estimate of drug-likeness (QED) is 0.448. The lowest BCUT2D eigenvalue weighted by Gasteiger charge is -2.17. The molecular formula is C20H26N4O2. The third kappa shape index (κ3) is 5.61. The van der Waals surface area contributed by atoms with E-state index in [1.165, 1.54) is 5.01 Å². The highest BCUT2D eigenvalue weighted by Crippen LogP contribution is 2.12. The van der Waals surface area contributed by atoms with Gasteiger partial charge in [-0.1, -0.05) is 42.5 Å². The van der Waals surface area contributed by atoms with E-state index in [1.54, 1.807) is 44.3 Å². The van der Waals surface area contributed by atoms with Crippen molar-refractivity contribution in [3.63, 3.8) is 0 Å². The Hall–Kier alpha value is -2.83. The molecule has 6 N–H and O–H groups in total. The molecule has 138 valence electrons. The predicted octanol–water partition coefficient (Wildman–Crippen LogP) is 1.82. The highest BCUT2D eigenvalue weighted by molar-refractivity contribution is 5.94. The fraction of sp³-hybridized carbons (Fsp3) is 0.250. The number of amides is 1. The molecule has 0 saturated carbocycles. The van der Waals surface area contributed by atoms with E-state index in [4.69, 9.17) is 11.6 Å². The van der Waals surface area contributed by atoms with Crippen LogP contribution in [0.15, 0.2) is 60.8 Å². The monoisotopic (exact) mass is 354 g/mol. The third-order valence-corrected chi connectivity index (χ3v) is 4.08. The minimum atomic E-state index is -0.614. The highest BCUT2D eigenvalue weighted by atomic mass is 16.3. The minimum Gasteiger partial charge on any atom is -0.397 e. The first-order valence-corrected chi connectivity index (χ1v) is 8.48. The standard InChI is InChI=1S/C20H26N4O2/c1-14(15(2)25)23-20(26)18-10-8-17(9-11-18)19(21)13-24(22)12-16-6-4-3-5-7-16/h3-11,13-15,25H,12,21-22H2,1-2H3,(H,23,26)/b19-13-. The molecule has 0 aliphatic carbocycles. The summed E-state index contributed by atoms with van der Waals surface area (Å²) in [5, 5.41) is 13.7. The molecule has 0 aliphatic rings. The van der Waals surface area contributed by atoms with Gasteiger partial charge in [-0.25, -0.2) is 5.84 Å². The van der Waals surface area contributed by atoms with Crippen LogP contribution >= 0.6 is 0 Å². The first-order chi connectivity index (χ1) is 12.4. The van der Waals surface area contributed by atoms with Crippen molar-refractivity contribution in [2.75, 3.05) is 0 Å². The molecule has 6 nitrogen and oxygen atoms in total.